The Labute approximate surface area is 369 Å². The van der Waals surface area contributed by atoms with Gasteiger partial charge in [0.15, 0.2) is 51.8 Å². The Hall–Kier alpha value is -8.59. The third-order valence-corrected chi connectivity index (χ3v) is 9.89. The third kappa shape index (κ3) is 10.9. The standard InChI is InChI=1S/C47H38F2N4O12/c1-25(54)33-15-17-36(42(62-2)40(33)57)53-46(61)34-16-18-35(43(63-3)41(34)58)52-44(59)29-10-12-31(13-11-29)51-45(60)30(20-21-50)24-37(56)28-8-4-26(5-9-28)22-32(55)14-6-27-7-19-38-39(23-27)65-47(48,49)64-38/h4-19,23,30,57-58H,20,22,24H2,1-3H3,(H,51,60)(H,52,59)(H,53,61)/b14-6+/t30-/m1/s1. The number of amides is 3. The average Bonchev–Trinajstić information content (AvgIpc) is 3.59. The van der Waals surface area contributed by atoms with E-state index in [9.17, 15) is 53.0 Å². The Kier molecular flexibility index (Phi) is 13.9. The quantitative estimate of drug-likeness (QED) is 0.0445. The van der Waals surface area contributed by atoms with Crippen LogP contribution >= 0.6 is 0 Å². The molecule has 65 heavy (non-hydrogen) atoms. The van der Waals surface area contributed by atoms with E-state index in [2.05, 4.69) is 25.4 Å². The van der Waals surface area contributed by atoms with Gasteiger partial charge in [-0.25, -0.2) is 0 Å². The minimum absolute atomic E-state index is 0.00304. The van der Waals surface area contributed by atoms with Crippen molar-refractivity contribution in [3.05, 3.63) is 130 Å². The lowest BCUT2D eigenvalue weighted by atomic mass is 9.94. The van der Waals surface area contributed by atoms with Crippen molar-refractivity contribution < 1.29 is 66.7 Å². The van der Waals surface area contributed by atoms with Crippen molar-refractivity contribution in [3.8, 4) is 40.6 Å². The van der Waals surface area contributed by atoms with Gasteiger partial charge in [-0.2, -0.15) is 5.26 Å². The number of ketones is 3. The smallest absolute Gasteiger partial charge is 0.504 e. The summed E-state index contributed by atoms with van der Waals surface area (Å²) in [6, 6.07) is 23.0. The van der Waals surface area contributed by atoms with Crippen LogP contribution in [0.15, 0.2) is 97.1 Å². The van der Waals surface area contributed by atoms with Crippen molar-refractivity contribution in [1.82, 2.24) is 0 Å². The first-order valence-electron chi connectivity index (χ1n) is 19.4. The number of benzene rings is 5. The molecule has 5 aromatic rings. The summed E-state index contributed by atoms with van der Waals surface area (Å²) in [7, 11) is 2.45. The highest BCUT2D eigenvalue weighted by Gasteiger charge is 2.43. The molecule has 0 radical (unpaired) electrons. The van der Waals surface area contributed by atoms with E-state index in [1.807, 2.05) is 6.07 Å². The van der Waals surface area contributed by atoms with Crippen molar-refractivity contribution in [2.45, 2.75) is 32.5 Å². The highest BCUT2D eigenvalue weighted by atomic mass is 19.3. The third-order valence-electron chi connectivity index (χ3n) is 9.89. The van der Waals surface area contributed by atoms with Crippen LogP contribution in [0.2, 0.25) is 0 Å². The summed E-state index contributed by atoms with van der Waals surface area (Å²) in [5, 5.41) is 38.6. The Balaban J connectivity index is 1.02. The van der Waals surface area contributed by atoms with Crippen molar-refractivity contribution in [3.63, 3.8) is 0 Å². The second-order valence-electron chi connectivity index (χ2n) is 14.3. The van der Waals surface area contributed by atoms with Crippen LogP contribution in [0.5, 0.6) is 34.5 Å². The van der Waals surface area contributed by atoms with Crippen LogP contribution in [0, 0.1) is 17.2 Å². The molecule has 0 aromatic heterocycles. The number of phenolic OH excluding ortho intramolecular Hbond substituents is 2. The predicted molar refractivity (Wildman–Crippen MR) is 230 cm³/mol. The normalized spacial score (nSPS) is 12.7. The molecule has 1 aliphatic rings. The molecule has 0 fully saturated rings. The molecule has 1 atom stereocenters. The largest absolute Gasteiger partial charge is 0.586 e. The van der Waals surface area contributed by atoms with Crippen molar-refractivity contribution >= 4 is 58.2 Å². The van der Waals surface area contributed by atoms with Gasteiger partial charge in [0.1, 0.15) is 0 Å². The molecule has 0 unspecified atom stereocenters. The molecular formula is C47H38F2N4O12. The Bertz CT molecular complexity index is 2780. The first kappa shape index (κ1) is 45.9. The number of fused-ring (bicyclic) bond motifs is 1. The zero-order chi connectivity index (χ0) is 47.0. The number of nitrogens with one attached hydrogen (secondary N) is 3. The molecule has 16 nitrogen and oxygen atoms in total. The minimum Gasteiger partial charge on any atom is -0.504 e. The first-order valence-corrected chi connectivity index (χ1v) is 19.4. The van der Waals surface area contributed by atoms with E-state index >= 15 is 0 Å². The van der Waals surface area contributed by atoms with Crippen LogP contribution in [0.25, 0.3) is 6.08 Å². The second kappa shape index (κ2) is 19.6. The lowest BCUT2D eigenvalue weighted by Crippen LogP contribution is -2.25. The molecule has 0 aliphatic carbocycles. The number of allylic oxidation sites excluding steroid dienone is 1. The van der Waals surface area contributed by atoms with Crippen LogP contribution in [-0.4, -0.2) is 65.8 Å². The number of ether oxygens (including phenoxy) is 4. The summed E-state index contributed by atoms with van der Waals surface area (Å²) in [6.45, 7) is 1.25. The van der Waals surface area contributed by atoms with Crippen LogP contribution in [0.3, 0.4) is 0 Å². The van der Waals surface area contributed by atoms with Crippen LogP contribution in [-0.2, 0) is 16.0 Å². The van der Waals surface area contributed by atoms with Gasteiger partial charge >= 0.3 is 6.29 Å². The lowest BCUT2D eigenvalue weighted by Gasteiger charge is -2.16. The molecule has 6 rings (SSSR count). The maximum absolute atomic E-state index is 13.3. The maximum Gasteiger partial charge on any atom is 0.586 e. The van der Waals surface area contributed by atoms with Gasteiger partial charge in [0.25, 0.3) is 11.8 Å². The summed E-state index contributed by atoms with van der Waals surface area (Å²) in [5.41, 5.74) is 1.38. The maximum atomic E-state index is 13.3. The fourth-order valence-corrected chi connectivity index (χ4v) is 6.59. The van der Waals surface area contributed by atoms with Crippen LogP contribution < -0.4 is 34.9 Å². The van der Waals surface area contributed by atoms with E-state index in [-0.39, 0.29) is 87.4 Å². The molecule has 0 saturated carbocycles. The Morgan fingerprint density at radius 2 is 1.34 bits per heavy atom. The molecule has 0 saturated heterocycles. The summed E-state index contributed by atoms with van der Waals surface area (Å²) < 4.78 is 45.9. The fraction of sp³-hybridized carbons (Fsp3) is 0.170. The SMILES string of the molecule is COc1c(NC(=O)c2ccc(NC(=O)c3ccc(NC(=O)[C@H](CC#N)CC(=O)c4ccc(CC(=O)/C=C/c5ccc6c(c5)OC(F)(F)O6)cc4)cc3)c(OC)c2O)ccc(C(C)=O)c1O. The van der Waals surface area contributed by atoms with E-state index in [0.29, 0.717) is 11.1 Å². The number of hydrogen-bond acceptors (Lipinski definition) is 13. The number of hydrogen-bond donors (Lipinski definition) is 5. The molecule has 3 amide bonds. The van der Waals surface area contributed by atoms with Gasteiger partial charge in [0.05, 0.1) is 48.7 Å². The number of methoxy groups -OCH3 is 2. The van der Waals surface area contributed by atoms with Gasteiger partial charge in [-0.05, 0) is 84.8 Å². The zero-order valence-electron chi connectivity index (χ0n) is 34.7. The highest BCUT2D eigenvalue weighted by Crippen LogP contribution is 2.42. The first-order chi connectivity index (χ1) is 31.0. The summed E-state index contributed by atoms with van der Waals surface area (Å²) >= 11 is 0. The highest BCUT2D eigenvalue weighted by molar-refractivity contribution is 6.10. The molecular weight excluding hydrogens is 851 g/mol. The predicted octanol–water partition coefficient (Wildman–Crippen LogP) is 7.71. The second-order valence-corrected chi connectivity index (χ2v) is 14.3. The topological polar surface area (TPSA) is 240 Å². The molecule has 1 heterocycles. The number of halogens is 2. The van der Waals surface area contributed by atoms with Crippen LogP contribution in [0.1, 0.15) is 72.3 Å². The van der Waals surface area contributed by atoms with E-state index in [0.717, 1.165) is 0 Å². The number of rotatable bonds is 17. The Morgan fingerprint density at radius 1 is 0.754 bits per heavy atom. The van der Waals surface area contributed by atoms with Crippen molar-refractivity contribution in [2.75, 3.05) is 30.2 Å². The van der Waals surface area contributed by atoms with E-state index in [4.69, 9.17) is 9.47 Å². The Morgan fingerprint density at radius 3 is 1.95 bits per heavy atom. The molecule has 332 valence electrons. The van der Waals surface area contributed by atoms with Gasteiger partial charge in [0, 0.05) is 36.1 Å². The van der Waals surface area contributed by atoms with Gasteiger partial charge in [0.2, 0.25) is 5.91 Å². The fourth-order valence-electron chi connectivity index (χ4n) is 6.59. The molecule has 5 N–H and O–H groups in total. The number of nitrogens with zero attached hydrogens (tertiary/aromatic N) is 1. The average molecular weight is 889 g/mol. The zero-order valence-corrected chi connectivity index (χ0v) is 34.7. The number of nitriles is 1. The van der Waals surface area contributed by atoms with E-state index in [1.165, 1.54) is 112 Å². The molecule has 18 heteroatoms. The number of aromatic hydroxyl groups is 2. The monoisotopic (exact) mass is 888 g/mol. The number of carbonyl (C=O) groups is 6. The molecule has 0 bridgehead atoms. The number of carbonyl (C=O) groups excluding carboxylic acids is 6. The van der Waals surface area contributed by atoms with Crippen molar-refractivity contribution in [2.24, 2.45) is 5.92 Å². The molecule has 5 aromatic carbocycles. The number of alkyl halides is 2. The summed E-state index contributed by atoms with van der Waals surface area (Å²) in [6.07, 6.45) is -1.63. The summed E-state index contributed by atoms with van der Waals surface area (Å²) in [4.78, 5) is 77.2. The number of phenols is 2. The van der Waals surface area contributed by atoms with Crippen molar-refractivity contribution in [1.29, 1.82) is 5.26 Å². The molecule has 0 spiro atoms. The lowest BCUT2D eigenvalue weighted by molar-refractivity contribution is -0.286. The van der Waals surface area contributed by atoms with E-state index in [1.54, 1.807) is 12.1 Å². The molecule has 1 aliphatic heterocycles. The van der Waals surface area contributed by atoms with Gasteiger partial charge < -0.3 is 45.1 Å². The number of Topliss-reactive ketones (excluding diaryl/α,β-unsaturated/α-hetero) is 2. The summed E-state index contributed by atoms with van der Waals surface area (Å²) in [5.74, 6) is -6.08. The number of anilines is 3. The van der Waals surface area contributed by atoms with E-state index < -0.39 is 53.0 Å². The van der Waals surface area contributed by atoms with Gasteiger partial charge in [-0.15, -0.1) is 8.78 Å². The van der Waals surface area contributed by atoms with Gasteiger partial charge in [-0.1, -0.05) is 36.4 Å². The minimum atomic E-state index is -3.76. The van der Waals surface area contributed by atoms with Crippen LogP contribution in [0.4, 0.5) is 25.8 Å². The van der Waals surface area contributed by atoms with Gasteiger partial charge in [-0.3, -0.25) is 28.8 Å².